The summed E-state index contributed by atoms with van der Waals surface area (Å²) in [4.78, 5) is 12.3. The minimum absolute atomic E-state index is 0.0468. The number of ketones is 1. The van der Waals surface area contributed by atoms with Crippen LogP contribution >= 0.6 is 27.5 Å². The van der Waals surface area contributed by atoms with E-state index in [-0.39, 0.29) is 12.2 Å². The Morgan fingerprint density at radius 1 is 1.17 bits per heavy atom. The number of benzene rings is 2. The SMILES string of the molecule is O=C1CC(c2ccc(C(F)(F)F)cc2)Oc2c(Br)cc(Cl)cc21. The van der Waals surface area contributed by atoms with Crippen LogP contribution in [0.5, 0.6) is 5.75 Å². The van der Waals surface area contributed by atoms with E-state index in [9.17, 15) is 18.0 Å². The molecule has 3 rings (SSSR count). The van der Waals surface area contributed by atoms with Gasteiger partial charge in [-0.15, -0.1) is 0 Å². The highest BCUT2D eigenvalue weighted by atomic mass is 79.9. The molecule has 2 aromatic rings. The van der Waals surface area contributed by atoms with Gasteiger partial charge in [-0.3, -0.25) is 4.79 Å². The third-order valence-electron chi connectivity index (χ3n) is 3.55. The van der Waals surface area contributed by atoms with Crippen LogP contribution in [0.2, 0.25) is 5.02 Å². The molecule has 1 atom stereocenters. The van der Waals surface area contributed by atoms with Crippen LogP contribution in [0.15, 0.2) is 40.9 Å². The number of halogens is 5. The zero-order valence-corrected chi connectivity index (χ0v) is 13.8. The van der Waals surface area contributed by atoms with Crippen LogP contribution in [0.3, 0.4) is 0 Å². The summed E-state index contributed by atoms with van der Waals surface area (Å²) in [5.41, 5.74) is 0.142. The van der Waals surface area contributed by atoms with Gasteiger partial charge in [-0.05, 0) is 45.8 Å². The van der Waals surface area contributed by atoms with Crippen molar-refractivity contribution >= 4 is 33.3 Å². The lowest BCUT2D eigenvalue weighted by atomic mass is 9.96. The molecule has 1 unspecified atom stereocenters. The van der Waals surface area contributed by atoms with Crippen LogP contribution < -0.4 is 4.74 Å². The molecule has 0 spiro atoms. The first-order chi connectivity index (χ1) is 10.8. The Morgan fingerprint density at radius 2 is 1.83 bits per heavy atom. The summed E-state index contributed by atoms with van der Waals surface area (Å²) in [5, 5.41) is 0.403. The Morgan fingerprint density at radius 3 is 2.43 bits per heavy atom. The van der Waals surface area contributed by atoms with Gasteiger partial charge < -0.3 is 4.74 Å². The van der Waals surface area contributed by atoms with Gasteiger partial charge in [0.05, 0.1) is 22.0 Å². The summed E-state index contributed by atoms with van der Waals surface area (Å²) in [6.45, 7) is 0. The molecule has 0 bridgehead atoms. The molecule has 0 amide bonds. The van der Waals surface area contributed by atoms with E-state index in [0.29, 0.717) is 26.4 Å². The molecule has 0 fully saturated rings. The summed E-state index contributed by atoms with van der Waals surface area (Å²) in [6, 6.07) is 7.74. The van der Waals surface area contributed by atoms with Gasteiger partial charge in [0, 0.05) is 5.02 Å². The number of carbonyl (C=O) groups excluding carboxylic acids is 1. The van der Waals surface area contributed by atoms with Crippen molar-refractivity contribution < 1.29 is 22.7 Å². The van der Waals surface area contributed by atoms with Gasteiger partial charge in [0.15, 0.2) is 5.78 Å². The summed E-state index contributed by atoms with van der Waals surface area (Å²) in [6.07, 6.45) is -4.98. The molecule has 0 saturated heterocycles. The highest BCUT2D eigenvalue weighted by molar-refractivity contribution is 9.10. The molecule has 0 aliphatic carbocycles. The van der Waals surface area contributed by atoms with Crippen molar-refractivity contribution in [3.8, 4) is 5.75 Å². The molecule has 0 N–H and O–H groups in total. The number of Topliss-reactive ketones (excluding diaryl/α,β-unsaturated/α-hetero) is 1. The Bertz CT molecular complexity index is 772. The predicted octanol–water partition coefficient (Wildman–Crippen LogP) is 5.83. The summed E-state index contributed by atoms with van der Waals surface area (Å²) in [5.74, 6) is 0.190. The van der Waals surface area contributed by atoms with E-state index in [4.69, 9.17) is 16.3 Å². The number of hydrogen-bond acceptors (Lipinski definition) is 2. The van der Waals surface area contributed by atoms with E-state index in [2.05, 4.69) is 15.9 Å². The lowest BCUT2D eigenvalue weighted by molar-refractivity contribution is -0.137. The smallest absolute Gasteiger partial charge is 0.416 e. The molecule has 1 heterocycles. The first kappa shape index (κ1) is 16.3. The van der Waals surface area contributed by atoms with E-state index in [1.807, 2.05) is 0 Å². The Labute approximate surface area is 143 Å². The molecule has 2 aromatic carbocycles. The van der Waals surface area contributed by atoms with Crippen LogP contribution in [0.4, 0.5) is 13.2 Å². The average molecular weight is 406 g/mol. The van der Waals surface area contributed by atoms with Gasteiger partial charge in [0.2, 0.25) is 0 Å². The second-order valence-corrected chi connectivity index (χ2v) is 6.41. The first-order valence-electron chi connectivity index (χ1n) is 6.62. The van der Waals surface area contributed by atoms with Gasteiger partial charge >= 0.3 is 6.18 Å². The standard InChI is InChI=1S/C16H9BrClF3O2/c17-12-6-10(18)5-11-13(22)7-14(23-15(11)12)8-1-3-9(4-2-8)16(19,20)21/h1-6,14H,7H2. The van der Waals surface area contributed by atoms with E-state index < -0.39 is 17.8 Å². The Kier molecular flexibility index (Phi) is 4.14. The van der Waals surface area contributed by atoms with Crippen molar-refractivity contribution in [2.45, 2.75) is 18.7 Å². The summed E-state index contributed by atoms with van der Waals surface area (Å²) >= 11 is 9.20. The molecule has 7 heteroatoms. The number of fused-ring (bicyclic) bond motifs is 1. The number of rotatable bonds is 1. The molecule has 0 radical (unpaired) electrons. The maximum Gasteiger partial charge on any atom is 0.416 e. The molecule has 120 valence electrons. The van der Waals surface area contributed by atoms with Gasteiger partial charge in [0.25, 0.3) is 0 Å². The number of carbonyl (C=O) groups is 1. The average Bonchev–Trinajstić information content (AvgIpc) is 2.47. The third kappa shape index (κ3) is 3.23. The number of ether oxygens (including phenoxy) is 1. The molecule has 2 nitrogen and oxygen atoms in total. The number of hydrogen-bond donors (Lipinski definition) is 0. The molecule has 0 aromatic heterocycles. The highest BCUT2D eigenvalue weighted by Crippen LogP contribution is 2.41. The van der Waals surface area contributed by atoms with Gasteiger partial charge in [0.1, 0.15) is 11.9 Å². The Hall–Kier alpha value is -1.53. The summed E-state index contributed by atoms with van der Waals surface area (Å²) < 4.78 is 44.1. The predicted molar refractivity (Wildman–Crippen MR) is 82.9 cm³/mol. The van der Waals surface area contributed by atoms with Crippen molar-refractivity contribution in [3.05, 3.63) is 62.6 Å². The fraction of sp³-hybridized carbons (Fsp3) is 0.188. The second kappa shape index (κ2) is 5.83. The zero-order chi connectivity index (χ0) is 16.8. The molecule has 0 saturated carbocycles. The fourth-order valence-electron chi connectivity index (χ4n) is 2.42. The molecule has 23 heavy (non-hydrogen) atoms. The van der Waals surface area contributed by atoms with Crippen LogP contribution in [-0.4, -0.2) is 5.78 Å². The topological polar surface area (TPSA) is 26.3 Å². The number of alkyl halides is 3. The molecular formula is C16H9BrClF3O2. The highest BCUT2D eigenvalue weighted by Gasteiger charge is 2.32. The van der Waals surface area contributed by atoms with Crippen LogP contribution in [0, 0.1) is 0 Å². The maximum absolute atomic E-state index is 12.6. The van der Waals surface area contributed by atoms with Crippen molar-refractivity contribution in [1.82, 2.24) is 0 Å². The van der Waals surface area contributed by atoms with Crippen LogP contribution in [-0.2, 0) is 6.18 Å². The minimum Gasteiger partial charge on any atom is -0.483 e. The van der Waals surface area contributed by atoms with Crippen molar-refractivity contribution in [2.75, 3.05) is 0 Å². The van der Waals surface area contributed by atoms with E-state index in [1.54, 1.807) is 6.07 Å². The van der Waals surface area contributed by atoms with E-state index >= 15 is 0 Å². The first-order valence-corrected chi connectivity index (χ1v) is 7.79. The van der Waals surface area contributed by atoms with Crippen molar-refractivity contribution in [3.63, 3.8) is 0 Å². The van der Waals surface area contributed by atoms with E-state index in [0.717, 1.165) is 12.1 Å². The largest absolute Gasteiger partial charge is 0.483 e. The normalized spacial score (nSPS) is 17.6. The van der Waals surface area contributed by atoms with Crippen LogP contribution in [0.1, 0.15) is 34.0 Å². The summed E-state index contributed by atoms with van der Waals surface area (Å²) in [7, 11) is 0. The lowest BCUT2D eigenvalue weighted by Gasteiger charge is -2.26. The Balaban J connectivity index is 1.93. The zero-order valence-electron chi connectivity index (χ0n) is 11.5. The lowest BCUT2D eigenvalue weighted by Crippen LogP contribution is -2.21. The van der Waals surface area contributed by atoms with Crippen molar-refractivity contribution in [2.24, 2.45) is 0 Å². The minimum atomic E-state index is -4.39. The third-order valence-corrected chi connectivity index (χ3v) is 4.36. The van der Waals surface area contributed by atoms with Crippen molar-refractivity contribution in [1.29, 1.82) is 0 Å². The van der Waals surface area contributed by atoms with Crippen LogP contribution in [0.25, 0.3) is 0 Å². The second-order valence-electron chi connectivity index (χ2n) is 5.12. The molecule has 1 aliphatic heterocycles. The maximum atomic E-state index is 12.6. The van der Waals surface area contributed by atoms with E-state index in [1.165, 1.54) is 18.2 Å². The van der Waals surface area contributed by atoms with Gasteiger partial charge in [-0.1, -0.05) is 23.7 Å². The van der Waals surface area contributed by atoms with Gasteiger partial charge in [-0.25, -0.2) is 0 Å². The quantitative estimate of drug-likeness (QED) is 0.597. The molecular weight excluding hydrogens is 397 g/mol. The molecule has 1 aliphatic rings. The van der Waals surface area contributed by atoms with Gasteiger partial charge in [-0.2, -0.15) is 13.2 Å². The fourth-order valence-corrected chi connectivity index (χ4v) is 3.33. The monoisotopic (exact) mass is 404 g/mol.